The Labute approximate surface area is 108 Å². The van der Waals surface area contributed by atoms with Crippen molar-refractivity contribution in [2.45, 2.75) is 18.0 Å². The maximum absolute atomic E-state index is 12.0. The van der Waals surface area contributed by atoms with Gasteiger partial charge in [0.2, 0.25) is 5.91 Å². The number of hydrogen-bond acceptors (Lipinski definition) is 4. The second-order valence-electron chi connectivity index (χ2n) is 4.22. The number of nitrogens with one attached hydrogen (secondary N) is 1. The van der Waals surface area contributed by atoms with Crippen LogP contribution in [-0.2, 0) is 20.3 Å². The summed E-state index contributed by atoms with van der Waals surface area (Å²) in [5.41, 5.74) is 0.598. The first kappa shape index (κ1) is 13.2. The van der Waals surface area contributed by atoms with E-state index >= 15 is 0 Å². The molecule has 3 atom stereocenters. The highest BCUT2D eigenvalue weighted by atomic mass is 32.2. The number of hydrogen-bond donors (Lipinski definition) is 2. The van der Waals surface area contributed by atoms with E-state index in [-0.39, 0.29) is 12.4 Å². The Bertz CT molecular complexity index is 460. The smallest absolute Gasteiger partial charge is 0.245 e. The summed E-state index contributed by atoms with van der Waals surface area (Å²) < 4.78 is 17.0. The van der Waals surface area contributed by atoms with Crippen molar-refractivity contribution < 1.29 is 18.8 Å². The molecule has 0 spiro atoms. The summed E-state index contributed by atoms with van der Waals surface area (Å²) >= 11 is 0. The number of amides is 1. The van der Waals surface area contributed by atoms with Gasteiger partial charge in [-0.3, -0.25) is 9.00 Å². The molecular formula is C12H15NO4S. The van der Waals surface area contributed by atoms with E-state index in [1.165, 1.54) is 6.92 Å². The van der Waals surface area contributed by atoms with Crippen LogP contribution in [0.25, 0.3) is 0 Å². The minimum absolute atomic E-state index is 0.189. The lowest BCUT2D eigenvalue weighted by Gasteiger charge is -2.34. The van der Waals surface area contributed by atoms with Gasteiger partial charge in [-0.25, -0.2) is 0 Å². The molecule has 1 fully saturated rings. The number of para-hydroxylation sites is 1. The molecule has 1 amide bonds. The van der Waals surface area contributed by atoms with Crippen LogP contribution in [0.15, 0.2) is 30.3 Å². The summed E-state index contributed by atoms with van der Waals surface area (Å²) in [5, 5.41) is 11.5. The zero-order valence-corrected chi connectivity index (χ0v) is 10.8. The van der Waals surface area contributed by atoms with E-state index in [4.69, 9.17) is 4.74 Å². The van der Waals surface area contributed by atoms with Crippen molar-refractivity contribution in [3.8, 4) is 0 Å². The zero-order valence-electron chi connectivity index (χ0n) is 9.96. The van der Waals surface area contributed by atoms with E-state index in [0.717, 1.165) is 0 Å². The Kier molecular flexibility index (Phi) is 3.79. The van der Waals surface area contributed by atoms with Crippen molar-refractivity contribution in [3.63, 3.8) is 0 Å². The Hall–Kier alpha value is -1.24. The number of anilines is 1. The van der Waals surface area contributed by atoms with Crippen molar-refractivity contribution in [2.75, 3.05) is 17.7 Å². The number of ether oxygens (including phenoxy) is 1. The van der Waals surface area contributed by atoms with E-state index in [0.29, 0.717) is 5.69 Å². The zero-order chi connectivity index (χ0) is 13.2. The Morgan fingerprint density at radius 2 is 2.17 bits per heavy atom. The van der Waals surface area contributed by atoms with Crippen molar-refractivity contribution in [3.05, 3.63) is 30.3 Å². The fraction of sp³-hybridized carbons (Fsp3) is 0.417. The largest absolute Gasteiger partial charge is 0.364 e. The molecule has 3 unspecified atom stereocenters. The molecule has 2 rings (SSSR count). The molecule has 1 aliphatic rings. The maximum atomic E-state index is 12.0. The first-order chi connectivity index (χ1) is 8.50. The van der Waals surface area contributed by atoms with Gasteiger partial charge >= 0.3 is 0 Å². The predicted molar refractivity (Wildman–Crippen MR) is 68.4 cm³/mol. The van der Waals surface area contributed by atoms with Gasteiger partial charge in [-0.1, -0.05) is 18.2 Å². The van der Waals surface area contributed by atoms with Gasteiger partial charge in [0.15, 0.2) is 11.0 Å². The van der Waals surface area contributed by atoms with Crippen LogP contribution in [0, 0.1) is 0 Å². The van der Waals surface area contributed by atoms with Gasteiger partial charge < -0.3 is 15.2 Å². The predicted octanol–water partition coefficient (Wildman–Crippen LogP) is 0.481. The number of rotatable bonds is 2. The lowest BCUT2D eigenvalue weighted by Crippen LogP contribution is -2.55. The third kappa shape index (κ3) is 2.77. The normalized spacial score (nSPS) is 31.9. The molecule has 0 saturated carbocycles. The van der Waals surface area contributed by atoms with Crippen LogP contribution in [0.5, 0.6) is 0 Å². The first-order valence-corrected chi connectivity index (χ1v) is 6.98. The van der Waals surface area contributed by atoms with Gasteiger partial charge in [0, 0.05) is 22.2 Å². The lowest BCUT2D eigenvalue weighted by atomic mass is 10.2. The summed E-state index contributed by atoms with van der Waals surface area (Å²) in [6.45, 7) is 1.55. The fourth-order valence-corrected chi connectivity index (χ4v) is 3.20. The van der Waals surface area contributed by atoms with E-state index in [9.17, 15) is 14.1 Å². The van der Waals surface area contributed by atoms with Gasteiger partial charge in [0.25, 0.3) is 0 Å². The maximum Gasteiger partial charge on any atom is 0.245 e. The van der Waals surface area contributed by atoms with Crippen LogP contribution < -0.4 is 5.32 Å². The van der Waals surface area contributed by atoms with Crippen molar-refractivity contribution in [1.82, 2.24) is 0 Å². The molecule has 98 valence electrons. The molecule has 1 aromatic rings. The van der Waals surface area contributed by atoms with Crippen molar-refractivity contribution >= 4 is 22.4 Å². The molecule has 0 radical (unpaired) electrons. The third-order valence-electron chi connectivity index (χ3n) is 2.71. The van der Waals surface area contributed by atoms with Gasteiger partial charge in [0.1, 0.15) is 0 Å². The molecule has 2 N–H and O–H groups in total. The highest BCUT2D eigenvalue weighted by molar-refractivity contribution is 7.86. The minimum atomic E-state index is -1.69. The van der Waals surface area contributed by atoms with E-state index in [2.05, 4.69) is 5.32 Å². The molecule has 1 aromatic carbocycles. The van der Waals surface area contributed by atoms with Crippen molar-refractivity contribution in [1.29, 1.82) is 0 Å². The second kappa shape index (κ2) is 5.17. The molecule has 0 aromatic heterocycles. The lowest BCUT2D eigenvalue weighted by molar-refractivity contribution is -0.191. The number of carbonyl (C=O) groups is 1. The monoisotopic (exact) mass is 269 g/mol. The number of aliphatic hydroxyl groups is 1. The SMILES string of the molecule is CC1(O)OCCS(=O)C1C(=O)Nc1ccccc1. The second-order valence-corrected chi connectivity index (χ2v) is 5.86. The van der Waals surface area contributed by atoms with Crippen molar-refractivity contribution in [2.24, 2.45) is 0 Å². The van der Waals surface area contributed by atoms with Crippen LogP contribution in [0.3, 0.4) is 0 Å². The first-order valence-electron chi connectivity index (χ1n) is 5.60. The molecule has 18 heavy (non-hydrogen) atoms. The van der Waals surface area contributed by atoms with E-state index in [1.54, 1.807) is 24.3 Å². The number of carbonyl (C=O) groups excluding carboxylic acids is 1. The van der Waals surface area contributed by atoms with Crippen LogP contribution in [-0.4, -0.2) is 38.6 Å². The minimum Gasteiger partial charge on any atom is -0.364 e. The molecule has 1 heterocycles. The standard InChI is InChI=1S/C12H15NO4S/c1-12(15)10(18(16)8-7-17-12)11(14)13-9-5-3-2-4-6-9/h2-6,10,15H,7-8H2,1H3,(H,13,14). The quantitative estimate of drug-likeness (QED) is 0.819. The molecule has 0 aliphatic carbocycles. The molecule has 0 bridgehead atoms. The summed E-state index contributed by atoms with van der Waals surface area (Å²) in [6.07, 6.45) is 0. The molecular weight excluding hydrogens is 254 g/mol. The Balaban J connectivity index is 2.14. The van der Waals surface area contributed by atoms with Gasteiger partial charge in [-0.05, 0) is 19.1 Å². The molecule has 1 saturated heterocycles. The highest BCUT2D eigenvalue weighted by Gasteiger charge is 2.45. The average Bonchev–Trinajstić information content (AvgIpc) is 2.28. The average molecular weight is 269 g/mol. The summed E-state index contributed by atoms with van der Waals surface area (Å²) in [6, 6.07) is 8.83. The highest BCUT2D eigenvalue weighted by Crippen LogP contribution is 2.23. The van der Waals surface area contributed by atoms with Crippen LogP contribution in [0.2, 0.25) is 0 Å². The van der Waals surface area contributed by atoms with Gasteiger partial charge in [-0.15, -0.1) is 0 Å². The summed E-state index contributed by atoms with van der Waals surface area (Å²) in [5.74, 6) is -1.94. The topological polar surface area (TPSA) is 75.6 Å². The van der Waals surface area contributed by atoms with Gasteiger partial charge in [-0.2, -0.15) is 0 Å². The Morgan fingerprint density at radius 3 is 2.78 bits per heavy atom. The summed E-state index contributed by atoms with van der Waals surface area (Å²) in [4.78, 5) is 12.0. The number of benzene rings is 1. The van der Waals surface area contributed by atoms with Crippen LogP contribution >= 0.6 is 0 Å². The summed E-state index contributed by atoms with van der Waals surface area (Å²) in [7, 11) is -1.44. The van der Waals surface area contributed by atoms with E-state index in [1.807, 2.05) is 6.07 Å². The van der Waals surface area contributed by atoms with Crippen LogP contribution in [0.4, 0.5) is 5.69 Å². The van der Waals surface area contributed by atoms with Crippen LogP contribution in [0.1, 0.15) is 6.92 Å². The van der Waals surface area contributed by atoms with Gasteiger partial charge in [0.05, 0.1) is 6.61 Å². The molecule has 1 aliphatic heterocycles. The molecule has 5 nitrogen and oxygen atoms in total. The third-order valence-corrected chi connectivity index (χ3v) is 4.45. The van der Waals surface area contributed by atoms with E-state index < -0.39 is 27.7 Å². The Morgan fingerprint density at radius 1 is 1.50 bits per heavy atom. The fourth-order valence-electron chi connectivity index (χ4n) is 1.86. The molecule has 6 heteroatoms.